The average Bonchev–Trinajstić information content (AvgIpc) is 2.82. The highest BCUT2D eigenvalue weighted by molar-refractivity contribution is 6.30. The molecule has 31 heavy (non-hydrogen) atoms. The van der Waals surface area contributed by atoms with E-state index in [1.54, 1.807) is 40.1 Å². The molecule has 1 saturated heterocycles. The van der Waals surface area contributed by atoms with Gasteiger partial charge in [0.1, 0.15) is 18.1 Å². The van der Waals surface area contributed by atoms with Crippen LogP contribution in [0.1, 0.15) is 5.56 Å². The maximum absolute atomic E-state index is 13.5. The number of carbonyl (C=O) groups excluding carboxylic acids is 2. The molecule has 2 aromatic rings. The van der Waals surface area contributed by atoms with Gasteiger partial charge >= 0.3 is 0 Å². The highest BCUT2D eigenvalue weighted by Crippen LogP contribution is 2.36. The lowest BCUT2D eigenvalue weighted by molar-refractivity contribution is -0.142. The molecule has 1 atom stereocenters. The van der Waals surface area contributed by atoms with Gasteiger partial charge in [0.05, 0.1) is 31.0 Å². The van der Waals surface area contributed by atoms with Crippen molar-refractivity contribution in [1.29, 1.82) is 0 Å². The summed E-state index contributed by atoms with van der Waals surface area (Å²) in [5.41, 5.74) is 1.88. The van der Waals surface area contributed by atoms with E-state index in [-0.39, 0.29) is 25.0 Å². The van der Waals surface area contributed by atoms with Crippen LogP contribution in [-0.4, -0.2) is 62.3 Å². The summed E-state index contributed by atoms with van der Waals surface area (Å²) in [6.07, 6.45) is 1.02. The Balaban J connectivity index is 1.44. The molecule has 2 amide bonds. The SMILES string of the molecule is O=C(C1CN(C(=O)C2=Cc3cc(Cl)ccc3OC2)c2ccccc2O1)N1CCOCC1. The number of morpholine rings is 1. The van der Waals surface area contributed by atoms with Crippen molar-refractivity contribution in [3.63, 3.8) is 0 Å². The molecular formula is C23H21ClN2O5. The van der Waals surface area contributed by atoms with Crippen LogP contribution in [0.15, 0.2) is 48.0 Å². The smallest absolute Gasteiger partial charge is 0.265 e. The fraction of sp³-hybridized carbons (Fsp3) is 0.304. The zero-order chi connectivity index (χ0) is 21.4. The average molecular weight is 441 g/mol. The summed E-state index contributed by atoms with van der Waals surface area (Å²) in [4.78, 5) is 29.9. The maximum Gasteiger partial charge on any atom is 0.265 e. The molecule has 1 fully saturated rings. The summed E-state index contributed by atoms with van der Waals surface area (Å²) in [6, 6.07) is 12.6. The molecule has 1 unspecified atom stereocenters. The van der Waals surface area contributed by atoms with Crippen LogP contribution in [0, 0.1) is 0 Å². The minimum absolute atomic E-state index is 0.131. The predicted molar refractivity (Wildman–Crippen MR) is 116 cm³/mol. The fourth-order valence-corrected chi connectivity index (χ4v) is 4.17. The van der Waals surface area contributed by atoms with E-state index in [2.05, 4.69) is 0 Å². The second-order valence-corrected chi connectivity index (χ2v) is 8.00. The lowest BCUT2D eigenvalue weighted by Crippen LogP contribution is -2.54. The monoisotopic (exact) mass is 440 g/mol. The summed E-state index contributed by atoms with van der Waals surface area (Å²) in [6.45, 7) is 2.32. The van der Waals surface area contributed by atoms with Crippen LogP contribution >= 0.6 is 11.6 Å². The number of carbonyl (C=O) groups is 2. The molecule has 5 rings (SSSR count). The Morgan fingerprint density at radius 3 is 2.68 bits per heavy atom. The predicted octanol–water partition coefficient (Wildman–Crippen LogP) is 2.77. The fourth-order valence-electron chi connectivity index (χ4n) is 3.99. The standard InChI is InChI=1S/C23H21ClN2O5/c24-17-5-6-19-15(12-17)11-16(14-30-19)22(27)26-13-21(23(28)25-7-9-29-10-8-25)31-20-4-2-1-3-18(20)26/h1-6,11-12,21H,7-10,13-14H2. The highest BCUT2D eigenvalue weighted by Gasteiger charge is 2.37. The molecule has 3 aliphatic heterocycles. The van der Waals surface area contributed by atoms with Gasteiger partial charge in [-0.2, -0.15) is 0 Å². The number of hydrogen-bond acceptors (Lipinski definition) is 5. The minimum Gasteiger partial charge on any atom is -0.488 e. The lowest BCUT2D eigenvalue weighted by Gasteiger charge is -2.37. The van der Waals surface area contributed by atoms with Crippen LogP contribution in [0.25, 0.3) is 6.08 Å². The first-order chi connectivity index (χ1) is 15.1. The molecule has 0 saturated carbocycles. The summed E-state index contributed by atoms with van der Waals surface area (Å²) in [5, 5.41) is 0.570. The van der Waals surface area contributed by atoms with Gasteiger partial charge in [-0.3, -0.25) is 9.59 Å². The first kappa shape index (κ1) is 19.9. The van der Waals surface area contributed by atoms with Crippen molar-refractivity contribution in [2.75, 3.05) is 44.4 Å². The normalized spacial score (nSPS) is 20.0. The number of anilines is 1. The Bertz CT molecular complexity index is 1060. The molecule has 0 bridgehead atoms. The van der Waals surface area contributed by atoms with Gasteiger partial charge in [-0.25, -0.2) is 0 Å². The van der Waals surface area contributed by atoms with Gasteiger partial charge in [-0.1, -0.05) is 23.7 Å². The van der Waals surface area contributed by atoms with Crippen LogP contribution < -0.4 is 14.4 Å². The molecular weight excluding hydrogens is 420 g/mol. The number of hydrogen-bond donors (Lipinski definition) is 0. The number of benzene rings is 2. The van der Waals surface area contributed by atoms with Gasteiger partial charge in [0.15, 0.2) is 6.10 Å². The third kappa shape index (κ3) is 3.86. The van der Waals surface area contributed by atoms with E-state index in [9.17, 15) is 9.59 Å². The summed E-state index contributed by atoms with van der Waals surface area (Å²) >= 11 is 6.10. The summed E-state index contributed by atoms with van der Waals surface area (Å²) in [7, 11) is 0. The van der Waals surface area contributed by atoms with Crippen molar-refractivity contribution in [3.05, 3.63) is 58.6 Å². The molecule has 3 aliphatic rings. The van der Waals surface area contributed by atoms with E-state index in [0.29, 0.717) is 54.1 Å². The van der Waals surface area contributed by atoms with Crippen molar-refractivity contribution in [1.82, 2.24) is 4.90 Å². The second kappa shape index (κ2) is 8.24. The molecule has 0 radical (unpaired) electrons. The topological polar surface area (TPSA) is 68.3 Å². The number of ether oxygens (including phenoxy) is 3. The van der Waals surface area contributed by atoms with Crippen molar-refractivity contribution < 1.29 is 23.8 Å². The molecule has 0 spiro atoms. The van der Waals surface area contributed by atoms with Gasteiger partial charge < -0.3 is 24.0 Å². The number of rotatable bonds is 2. The van der Waals surface area contributed by atoms with E-state index in [1.165, 1.54) is 0 Å². The van der Waals surface area contributed by atoms with Gasteiger partial charge in [0, 0.05) is 23.7 Å². The Hall–Kier alpha value is -3.03. The lowest BCUT2D eigenvalue weighted by atomic mass is 10.0. The van der Waals surface area contributed by atoms with Crippen molar-refractivity contribution in [2.24, 2.45) is 0 Å². The van der Waals surface area contributed by atoms with Gasteiger partial charge in [0.25, 0.3) is 11.8 Å². The van der Waals surface area contributed by atoms with Crippen LogP contribution in [0.2, 0.25) is 5.02 Å². The first-order valence-corrected chi connectivity index (χ1v) is 10.5. The van der Waals surface area contributed by atoms with Gasteiger partial charge in [0.2, 0.25) is 0 Å². The van der Waals surface area contributed by atoms with Gasteiger partial charge in [-0.15, -0.1) is 0 Å². The molecule has 3 heterocycles. The molecule has 160 valence electrons. The Labute approximate surface area is 184 Å². The first-order valence-electron chi connectivity index (χ1n) is 10.2. The van der Waals surface area contributed by atoms with Crippen molar-refractivity contribution in [2.45, 2.75) is 6.10 Å². The van der Waals surface area contributed by atoms with E-state index in [4.69, 9.17) is 25.8 Å². The zero-order valence-corrected chi connectivity index (χ0v) is 17.5. The molecule has 0 aromatic heterocycles. The van der Waals surface area contributed by atoms with Gasteiger partial charge in [-0.05, 0) is 36.4 Å². The molecule has 2 aromatic carbocycles. The van der Waals surface area contributed by atoms with E-state index in [0.717, 1.165) is 5.56 Å². The van der Waals surface area contributed by atoms with Crippen LogP contribution in [0.3, 0.4) is 0 Å². The Morgan fingerprint density at radius 2 is 1.84 bits per heavy atom. The zero-order valence-electron chi connectivity index (χ0n) is 16.8. The summed E-state index contributed by atoms with van der Waals surface area (Å²) in [5.74, 6) is 0.834. The number of amides is 2. The second-order valence-electron chi connectivity index (χ2n) is 7.57. The third-order valence-electron chi connectivity index (χ3n) is 5.58. The number of halogens is 1. The quantitative estimate of drug-likeness (QED) is 0.718. The van der Waals surface area contributed by atoms with Crippen LogP contribution in [-0.2, 0) is 14.3 Å². The van der Waals surface area contributed by atoms with E-state index in [1.807, 2.05) is 18.2 Å². The Kier molecular flexibility index (Phi) is 5.29. The Morgan fingerprint density at radius 1 is 1.03 bits per heavy atom. The number of para-hydroxylation sites is 2. The molecule has 8 heteroatoms. The number of nitrogens with zero attached hydrogens (tertiary/aromatic N) is 2. The highest BCUT2D eigenvalue weighted by atomic mass is 35.5. The maximum atomic E-state index is 13.5. The minimum atomic E-state index is -0.774. The molecule has 0 aliphatic carbocycles. The van der Waals surface area contributed by atoms with Crippen molar-refractivity contribution >= 4 is 35.2 Å². The van der Waals surface area contributed by atoms with Crippen molar-refractivity contribution in [3.8, 4) is 11.5 Å². The van der Waals surface area contributed by atoms with E-state index < -0.39 is 6.10 Å². The largest absolute Gasteiger partial charge is 0.488 e. The summed E-state index contributed by atoms with van der Waals surface area (Å²) < 4.78 is 17.1. The molecule has 0 N–H and O–H groups in total. The molecule has 7 nitrogen and oxygen atoms in total. The van der Waals surface area contributed by atoms with Crippen LogP contribution in [0.4, 0.5) is 5.69 Å². The third-order valence-corrected chi connectivity index (χ3v) is 5.81. The van der Waals surface area contributed by atoms with E-state index >= 15 is 0 Å². The number of fused-ring (bicyclic) bond motifs is 2. The van der Waals surface area contributed by atoms with Crippen LogP contribution in [0.5, 0.6) is 11.5 Å².